The molecule has 0 aliphatic heterocycles. The van der Waals surface area contributed by atoms with E-state index in [1.54, 1.807) is 42.5 Å². The number of benzene rings is 3. The predicted octanol–water partition coefficient (Wildman–Crippen LogP) is 4.16. The van der Waals surface area contributed by atoms with Gasteiger partial charge in [0.15, 0.2) is 5.78 Å². The molecule has 0 spiro atoms. The van der Waals surface area contributed by atoms with Gasteiger partial charge in [-0.05, 0) is 49.1 Å². The van der Waals surface area contributed by atoms with Crippen molar-refractivity contribution in [1.82, 2.24) is 0 Å². The monoisotopic (exact) mass is 362 g/mol. The number of hydrogen-bond acceptors (Lipinski definition) is 3. The SMILES string of the molecule is Cc1ccc(S(=O)(=O)c2cccc3c2C(=O)c2ccccc2CC3)cc1. The Morgan fingerprint density at radius 3 is 2.19 bits per heavy atom. The van der Waals surface area contributed by atoms with E-state index < -0.39 is 9.84 Å². The molecule has 0 saturated heterocycles. The third-order valence-electron chi connectivity index (χ3n) is 4.89. The maximum Gasteiger partial charge on any atom is 0.207 e. The fraction of sp³-hybridized carbons (Fsp3) is 0.136. The average molecular weight is 362 g/mol. The van der Waals surface area contributed by atoms with Crippen molar-refractivity contribution in [1.29, 1.82) is 0 Å². The molecule has 0 fully saturated rings. The molecule has 0 atom stereocenters. The molecular weight excluding hydrogens is 344 g/mol. The first-order valence-electron chi connectivity index (χ1n) is 8.55. The van der Waals surface area contributed by atoms with E-state index in [0.717, 1.165) is 23.1 Å². The minimum absolute atomic E-state index is 0.0977. The van der Waals surface area contributed by atoms with Crippen molar-refractivity contribution in [2.24, 2.45) is 0 Å². The number of carbonyl (C=O) groups excluding carboxylic acids is 1. The zero-order valence-electron chi connectivity index (χ0n) is 14.4. The molecule has 0 saturated carbocycles. The van der Waals surface area contributed by atoms with Gasteiger partial charge in [0.25, 0.3) is 0 Å². The lowest BCUT2D eigenvalue weighted by atomic mass is 9.99. The zero-order chi connectivity index (χ0) is 18.3. The van der Waals surface area contributed by atoms with Crippen LogP contribution >= 0.6 is 0 Å². The molecule has 0 amide bonds. The second-order valence-corrected chi connectivity index (χ2v) is 8.51. The minimum atomic E-state index is -3.77. The average Bonchev–Trinajstić information content (AvgIpc) is 2.79. The van der Waals surface area contributed by atoms with Gasteiger partial charge < -0.3 is 0 Å². The van der Waals surface area contributed by atoms with Crippen molar-refractivity contribution >= 4 is 15.6 Å². The van der Waals surface area contributed by atoms with Crippen LogP contribution in [-0.2, 0) is 22.7 Å². The number of ketones is 1. The molecule has 0 N–H and O–H groups in total. The number of fused-ring (bicyclic) bond motifs is 2. The highest BCUT2D eigenvalue weighted by Gasteiger charge is 2.29. The lowest BCUT2D eigenvalue weighted by Crippen LogP contribution is -2.13. The maximum atomic E-state index is 13.2. The fourth-order valence-corrected chi connectivity index (χ4v) is 4.97. The van der Waals surface area contributed by atoms with Gasteiger partial charge in [-0.15, -0.1) is 0 Å². The summed E-state index contributed by atoms with van der Waals surface area (Å²) in [5, 5.41) is 0. The van der Waals surface area contributed by atoms with E-state index in [4.69, 9.17) is 0 Å². The molecule has 0 aromatic heterocycles. The van der Waals surface area contributed by atoms with Gasteiger partial charge in [-0.3, -0.25) is 4.79 Å². The maximum absolute atomic E-state index is 13.2. The van der Waals surface area contributed by atoms with E-state index >= 15 is 0 Å². The molecule has 4 heteroatoms. The van der Waals surface area contributed by atoms with Gasteiger partial charge in [0, 0.05) is 11.1 Å². The molecule has 0 unspecified atom stereocenters. The molecule has 0 radical (unpaired) electrons. The van der Waals surface area contributed by atoms with Crippen LogP contribution in [0.25, 0.3) is 0 Å². The molecule has 3 aromatic rings. The number of rotatable bonds is 2. The highest BCUT2D eigenvalue weighted by Crippen LogP contribution is 2.32. The first kappa shape index (κ1) is 16.7. The summed E-state index contributed by atoms with van der Waals surface area (Å²) in [5.41, 5.74) is 3.66. The molecule has 3 aromatic carbocycles. The molecule has 1 aliphatic carbocycles. The number of hydrogen-bond donors (Lipinski definition) is 0. The third-order valence-corrected chi connectivity index (χ3v) is 6.70. The van der Waals surface area contributed by atoms with E-state index in [1.165, 1.54) is 0 Å². The summed E-state index contributed by atoms with van der Waals surface area (Å²) in [6.45, 7) is 1.91. The van der Waals surface area contributed by atoms with Gasteiger partial charge in [0.2, 0.25) is 9.84 Å². The Morgan fingerprint density at radius 1 is 0.769 bits per heavy atom. The van der Waals surface area contributed by atoms with Crippen molar-refractivity contribution in [3.8, 4) is 0 Å². The second kappa shape index (κ2) is 6.22. The van der Waals surface area contributed by atoms with E-state index in [-0.39, 0.29) is 15.6 Å². The van der Waals surface area contributed by atoms with Crippen LogP contribution in [-0.4, -0.2) is 14.2 Å². The van der Waals surface area contributed by atoms with Gasteiger partial charge in [-0.2, -0.15) is 0 Å². The fourth-order valence-electron chi connectivity index (χ4n) is 3.47. The summed E-state index contributed by atoms with van der Waals surface area (Å²) in [5.74, 6) is -0.209. The topological polar surface area (TPSA) is 51.2 Å². The summed E-state index contributed by atoms with van der Waals surface area (Å²) in [6, 6.07) is 19.3. The molecule has 130 valence electrons. The first-order valence-corrected chi connectivity index (χ1v) is 10.0. The normalized spacial score (nSPS) is 13.7. The Morgan fingerprint density at radius 2 is 1.42 bits per heavy atom. The van der Waals surface area contributed by atoms with Crippen LogP contribution < -0.4 is 0 Å². The van der Waals surface area contributed by atoms with Crippen molar-refractivity contribution in [2.75, 3.05) is 0 Å². The summed E-state index contributed by atoms with van der Waals surface area (Å²) < 4.78 is 26.5. The molecule has 3 nitrogen and oxygen atoms in total. The Bertz CT molecular complexity index is 1110. The Kier molecular flexibility index (Phi) is 4.00. The van der Waals surface area contributed by atoms with Crippen molar-refractivity contribution in [3.05, 3.63) is 94.5 Å². The Balaban J connectivity index is 1.94. The highest BCUT2D eigenvalue weighted by atomic mass is 32.2. The standard InChI is InChI=1S/C22H18O3S/c1-15-9-13-18(14-10-15)26(24,25)20-8-4-6-17-12-11-16-5-2-3-7-19(16)22(23)21(17)20/h2-10,13-14H,11-12H2,1H3. The van der Waals surface area contributed by atoms with Crippen molar-refractivity contribution < 1.29 is 13.2 Å². The van der Waals surface area contributed by atoms with Gasteiger partial charge in [0.05, 0.1) is 9.79 Å². The van der Waals surface area contributed by atoms with Gasteiger partial charge in [-0.1, -0.05) is 54.1 Å². The largest absolute Gasteiger partial charge is 0.289 e. The van der Waals surface area contributed by atoms with E-state index in [2.05, 4.69) is 0 Å². The van der Waals surface area contributed by atoms with Gasteiger partial charge >= 0.3 is 0 Å². The molecule has 4 rings (SSSR count). The lowest BCUT2D eigenvalue weighted by Gasteiger charge is -2.13. The second-order valence-electron chi connectivity index (χ2n) is 6.59. The van der Waals surface area contributed by atoms with E-state index in [1.807, 2.05) is 31.2 Å². The number of aryl methyl sites for hydroxylation is 3. The van der Waals surface area contributed by atoms with Crippen molar-refractivity contribution in [2.45, 2.75) is 29.6 Å². The Labute approximate surface area is 153 Å². The van der Waals surface area contributed by atoms with E-state index in [0.29, 0.717) is 17.5 Å². The van der Waals surface area contributed by atoms with Crippen LogP contribution in [0.5, 0.6) is 0 Å². The molecule has 0 bridgehead atoms. The zero-order valence-corrected chi connectivity index (χ0v) is 15.2. The van der Waals surface area contributed by atoms with Crippen LogP contribution in [0.15, 0.2) is 76.5 Å². The molecule has 26 heavy (non-hydrogen) atoms. The quantitative estimate of drug-likeness (QED) is 0.688. The summed E-state index contributed by atoms with van der Waals surface area (Å²) >= 11 is 0. The Hall–Kier alpha value is -2.72. The summed E-state index contributed by atoms with van der Waals surface area (Å²) in [4.78, 5) is 13.5. The molecule has 0 heterocycles. The van der Waals surface area contributed by atoms with Crippen LogP contribution in [0.1, 0.15) is 32.6 Å². The number of sulfone groups is 1. The number of carbonyl (C=O) groups is 1. The first-order chi connectivity index (χ1) is 12.5. The van der Waals surface area contributed by atoms with E-state index in [9.17, 15) is 13.2 Å². The highest BCUT2D eigenvalue weighted by molar-refractivity contribution is 7.91. The van der Waals surface area contributed by atoms with Gasteiger partial charge in [0.1, 0.15) is 0 Å². The van der Waals surface area contributed by atoms with Crippen LogP contribution in [0.4, 0.5) is 0 Å². The van der Waals surface area contributed by atoms with Crippen LogP contribution in [0, 0.1) is 6.92 Å². The lowest BCUT2D eigenvalue weighted by molar-refractivity contribution is 0.103. The molecular formula is C22H18O3S. The van der Waals surface area contributed by atoms with Crippen molar-refractivity contribution in [3.63, 3.8) is 0 Å². The third kappa shape index (κ3) is 2.67. The smallest absolute Gasteiger partial charge is 0.207 e. The van der Waals surface area contributed by atoms with Crippen LogP contribution in [0.2, 0.25) is 0 Å². The minimum Gasteiger partial charge on any atom is -0.289 e. The van der Waals surface area contributed by atoms with Crippen LogP contribution in [0.3, 0.4) is 0 Å². The summed E-state index contributed by atoms with van der Waals surface area (Å²) in [7, 11) is -3.77. The summed E-state index contributed by atoms with van der Waals surface area (Å²) in [6.07, 6.45) is 1.37. The molecule has 1 aliphatic rings. The predicted molar refractivity (Wildman–Crippen MR) is 100 cm³/mol. The van der Waals surface area contributed by atoms with Gasteiger partial charge in [-0.25, -0.2) is 8.42 Å².